The third kappa shape index (κ3) is 4.14. The molecule has 4 rings (SSSR count). The first-order valence-corrected chi connectivity index (χ1v) is 11.0. The smallest absolute Gasteiger partial charge is 0.223 e. The van der Waals surface area contributed by atoms with Crippen LogP contribution >= 0.6 is 23.1 Å². The van der Waals surface area contributed by atoms with Gasteiger partial charge in [0.15, 0.2) is 0 Å². The second-order valence-corrected chi connectivity index (χ2v) is 8.50. The van der Waals surface area contributed by atoms with Crippen LogP contribution in [-0.2, 0) is 4.79 Å². The molecule has 0 spiro atoms. The summed E-state index contributed by atoms with van der Waals surface area (Å²) in [6, 6.07) is 6.48. The van der Waals surface area contributed by atoms with Crippen molar-refractivity contribution in [3.8, 4) is 11.1 Å². The molecule has 3 heterocycles. The number of halogens is 1. The van der Waals surface area contributed by atoms with E-state index in [1.807, 2.05) is 10.3 Å². The van der Waals surface area contributed by atoms with Gasteiger partial charge in [0.05, 0.1) is 5.39 Å². The van der Waals surface area contributed by atoms with Crippen molar-refractivity contribution < 1.29 is 9.18 Å². The molecule has 1 fully saturated rings. The lowest BCUT2D eigenvalue weighted by Gasteiger charge is -2.26. The minimum atomic E-state index is -0.250. The van der Waals surface area contributed by atoms with Crippen LogP contribution in [0.2, 0.25) is 0 Å². The van der Waals surface area contributed by atoms with E-state index in [-0.39, 0.29) is 11.7 Å². The van der Waals surface area contributed by atoms with E-state index >= 15 is 0 Å². The molecule has 0 bridgehead atoms. The zero-order valence-electron chi connectivity index (χ0n) is 14.9. The van der Waals surface area contributed by atoms with E-state index < -0.39 is 0 Å². The fourth-order valence-corrected chi connectivity index (χ4v) is 5.26. The predicted molar refractivity (Wildman–Crippen MR) is 109 cm³/mol. The Morgan fingerprint density at radius 2 is 1.93 bits per heavy atom. The second-order valence-electron chi connectivity index (χ2n) is 6.56. The lowest BCUT2D eigenvalue weighted by atomic mass is 10.1. The molecular formula is C20H20FN3OS2. The van der Waals surface area contributed by atoms with Gasteiger partial charge in [0, 0.05) is 36.2 Å². The molecule has 1 aromatic carbocycles. The summed E-state index contributed by atoms with van der Waals surface area (Å²) >= 11 is 3.15. The SMILES string of the molecule is O=C(CCSc1ncnc2scc(-c3ccc(F)cc3)c12)N1CCCCC1. The number of thioether (sulfide) groups is 1. The van der Waals surface area contributed by atoms with Gasteiger partial charge in [-0.25, -0.2) is 14.4 Å². The number of hydrogen-bond donors (Lipinski definition) is 0. The Morgan fingerprint density at radius 3 is 2.70 bits per heavy atom. The maximum absolute atomic E-state index is 13.3. The highest BCUT2D eigenvalue weighted by molar-refractivity contribution is 7.99. The normalized spacial score (nSPS) is 14.6. The summed E-state index contributed by atoms with van der Waals surface area (Å²) in [4.78, 5) is 24.1. The third-order valence-electron chi connectivity index (χ3n) is 4.75. The van der Waals surface area contributed by atoms with Crippen LogP contribution in [0.5, 0.6) is 0 Å². The van der Waals surface area contributed by atoms with Crippen molar-refractivity contribution in [3.05, 3.63) is 41.8 Å². The van der Waals surface area contributed by atoms with Gasteiger partial charge < -0.3 is 4.90 Å². The van der Waals surface area contributed by atoms with Gasteiger partial charge in [-0.3, -0.25) is 4.79 Å². The first-order chi connectivity index (χ1) is 13.2. The van der Waals surface area contributed by atoms with Crippen molar-refractivity contribution in [1.82, 2.24) is 14.9 Å². The summed E-state index contributed by atoms with van der Waals surface area (Å²) in [7, 11) is 0. The Kier molecular flexibility index (Phi) is 5.69. The predicted octanol–water partition coefficient (Wildman–Crippen LogP) is 4.99. The number of amides is 1. The van der Waals surface area contributed by atoms with Crippen LogP contribution in [0.4, 0.5) is 4.39 Å². The number of likely N-dealkylation sites (tertiary alicyclic amines) is 1. The Labute approximate surface area is 165 Å². The summed E-state index contributed by atoms with van der Waals surface area (Å²) < 4.78 is 13.3. The third-order valence-corrected chi connectivity index (χ3v) is 6.63. The standard InChI is InChI=1S/C20H20FN3OS2/c21-15-6-4-14(5-7-15)16-12-27-20-18(16)19(22-13-23-20)26-11-8-17(25)24-9-2-1-3-10-24/h4-7,12-13H,1-3,8-11H2. The molecule has 1 aliphatic heterocycles. The topological polar surface area (TPSA) is 46.1 Å². The van der Waals surface area contributed by atoms with Crippen LogP contribution in [-0.4, -0.2) is 39.6 Å². The highest BCUT2D eigenvalue weighted by Crippen LogP contribution is 2.38. The lowest BCUT2D eigenvalue weighted by molar-refractivity contribution is -0.131. The van der Waals surface area contributed by atoms with Gasteiger partial charge in [-0.1, -0.05) is 12.1 Å². The van der Waals surface area contributed by atoms with E-state index in [0.717, 1.165) is 52.3 Å². The maximum Gasteiger partial charge on any atom is 0.223 e. The highest BCUT2D eigenvalue weighted by Gasteiger charge is 2.17. The molecular weight excluding hydrogens is 381 g/mol. The summed E-state index contributed by atoms with van der Waals surface area (Å²) in [6.07, 6.45) is 5.54. The molecule has 1 amide bonds. The number of carbonyl (C=O) groups is 1. The first kappa shape index (κ1) is 18.4. The first-order valence-electron chi connectivity index (χ1n) is 9.11. The molecule has 7 heteroatoms. The summed E-state index contributed by atoms with van der Waals surface area (Å²) in [5.74, 6) is 0.678. The fraction of sp³-hybridized carbons (Fsp3) is 0.350. The summed E-state index contributed by atoms with van der Waals surface area (Å²) in [5.41, 5.74) is 1.96. The van der Waals surface area contributed by atoms with Crippen LogP contribution in [0.1, 0.15) is 25.7 Å². The average Bonchev–Trinajstić information content (AvgIpc) is 3.14. The molecule has 3 aromatic rings. The van der Waals surface area contributed by atoms with Gasteiger partial charge >= 0.3 is 0 Å². The van der Waals surface area contributed by atoms with Crippen molar-refractivity contribution in [3.63, 3.8) is 0 Å². The van der Waals surface area contributed by atoms with Crippen molar-refractivity contribution >= 4 is 39.2 Å². The largest absolute Gasteiger partial charge is 0.343 e. The molecule has 140 valence electrons. The second kappa shape index (κ2) is 8.35. The van der Waals surface area contributed by atoms with Gasteiger partial charge in [0.1, 0.15) is 22.0 Å². The zero-order valence-corrected chi connectivity index (χ0v) is 16.5. The maximum atomic E-state index is 13.3. The van der Waals surface area contributed by atoms with Gasteiger partial charge in [0.2, 0.25) is 5.91 Å². The van der Waals surface area contributed by atoms with Crippen LogP contribution in [0.15, 0.2) is 41.0 Å². The molecule has 2 aromatic heterocycles. The van der Waals surface area contributed by atoms with E-state index in [2.05, 4.69) is 9.97 Å². The minimum absolute atomic E-state index is 0.233. The van der Waals surface area contributed by atoms with Crippen molar-refractivity contribution in [2.75, 3.05) is 18.8 Å². The van der Waals surface area contributed by atoms with Gasteiger partial charge in [-0.05, 0) is 37.0 Å². The average molecular weight is 402 g/mol. The molecule has 0 unspecified atom stereocenters. The number of nitrogens with zero attached hydrogens (tertiary/aromatic N) is 3. The van der Waals surface area contributed by atoms with Crippen LogP contribution in [0.25, 0.3) is 21.3 Å². The van der Waals surface area contributed by atoms with E-state index in [1.165, 1.54) is 18.6 Å². The number of piperidine rings is 1. The Hall–Kier alpha value is -1.99. The van der Waals surface area contributed by atoms with E-state index in [1.54, 1.807) is 41.6 Å². The quantitative estimate of drug-likeness (QED) is 0.446. The molecule has 0 radical (unpaired) electrons. The number of rotatable bonds is 5. The Bertz CT molecular complexity index is 936. The Morgan fingerprint density at radius 1 is 1.15 bits per heavy atom. The molecule has 1 aliphatic rings. The van der Waals surface area contributed by atoms with Crippen molar-refractivity contribution in [2.45, 2.75) is 30.7 Å². The summed E-state index contributed by atoms with van der Waals surface area (Å²) in [5, 5.41) is 3.91. The minimum Gasteiger partial charge on any atom is -0.343 e. The van der Waals surface area contributed by atoms with Crippen LogP contribution < -0.4 is 0 Å². The highest BCUT2D eigenvalue weighted by atomic mass is 32.2. The van der Waals surface area contributed by atoms with Gasteiger partial charge in [0.25, 0.3) is 0 Å². The van der Waals surface area contributed by atoms with Crippen LogP contribution in [0, 0.1) is 5.82 Å². The molecule has 0 N–H and O–H groups in total. The molecule has 0 saturated carbocycles. The van der Waals surface area contributed by atoms with Crippen LogP contribution in [0.3, 0.4) is 0 Å². The number of fused-ring (bicyclic) bond motifs is 1. The van der Waals surface area contributed by atoms with E-state index in [9.17, 15) is 9.18 Å². The number of carbonyl (C=O) groups excluding carboxylic acids is 1. The number of aromatic nitrogens is 2. The van der Waals surface area contributed by atoms with E-state index in [4.69, 9.17) is 0 Å². The summed E-state index contributed by atoms with van der Waals surface area (Å²) in [6.45, 7) is 1.78. The van der Waals surface area contributed by atoms with E-state index in [0.29, 0.717) is 12.2 Å². The van der Waals surface area contributed by atoms with Gasteiger partial charge in [-0.15, -0.1) is 23.1 Å². The lowest BCUT2D eigenvalue weighted by Crippen LogP contribution is -2.35. The zero-order chi connectivity index (χ0) is 18.6. The van der Waals surface area contributed by atoms with Gasteiger partial charge in [-0.2, -0.15) is 0 Å². The number of thiophene rings is 1. The fourth-order valence-electron chi connectivity index (χ4n) is 3.34. The number of hydrogen-bond acceptors (Lipinski definition) is 5. The van der Waals surface area contributed by atoms with Crippen molar-refractivity contribution in [1.29, 1.82) is 0 Å². The number of benzene rings is 1. The monoisotopic (exact) mass is 401 g/mol. The van der Waals surface area contributed by atoms with Crippen molar-refractivity contribution in [2.24, 2.45) is 0 Å². The molecule has 1 saturated heterocycles. The Balaban J connectivity index is 1.51. The molecule has 27 heavy (non-hydrogen) atoms. The molecule has 0 atom stereocenters. The molecule has 0 aliphatic carbocycles. The molecule has 4 nitrogen and oxygen atoms in total.